The third-order valence-corrected chi connectivity index (χ3v) is 2.35. The van der Waals surface area contributed by atoms with E-state index in [9.17, 15) is 4.39 Å². The average Bonchev–Trinajstić information content (AvgIpc) is 2.01. The van der Waals surface area contributed by atoms with E-state index in [1.807, 2.05) is 14.0 Å². The topological polar surface area (TPSA) is 12.0 Å². The van der Waals surface area contributed by atoms with Crippen LogP contribution in [0.25, 0.3) is 0 Å². The molecule has 0 unspecified atom stereocenters. The molecule has 0 fully saturated rings. The van der Waals surface area contributed by atoms with Gasteiger partial charge in [0.25, 0.3) is 0 Å². The average molecular weight is 232 g/mol. The zero-order valence-corrected chi connectivity index (χ0v) is 8.70. The molecule has 1 N–H and O–H groups in total. The summed E-state index contributed by atoms with van der Waals surface area (Å²) < 4.78 is 13.5. The maximum Gasteiger partial charge on any atom is 0.137 e. The van der Waals surface area contributed by atoms with Crippen molar-refractivity contribution in [2.45, 2.75) is 13.5 Å². The van der Waals surface area contributed by atoms with Gasteiger partial charge in [0.15, 0.2) is 0 Å². The highest BCUT2D eigenvalue weighted by atomic mass is 79.9. The Morgan fingerprint density at radius 1 is 1.50 bits per heavy atom. The Hall–Kier alpha value is -0.410. The molecule has 0 aromatic heterocycles. The van der Waals surface area contributed by atoms with Gasteiger partial charge in [-0.25, -0.2) is 4.39 Å². The SMILES string of the molecule is CNCc1cc(F)c(Br)cc1C. The van der Waals surface area contributed by atoms with Crippen molar-refractivity contribution in [1.82, 2.24) is 5.32 Å². The van der Waals surface area contributed by atoms with Crippen molar-refractivity contribution < 1.29 is 4.39 Å². The zero-order valence-electron chi connectivity index (χ0n) is 7.12. The van der Waals surface area contributed by atoms with E-state index >= 15 is 0 Å². The maximum atomic E-state index is 13.0. The van der Waals surface area contributed by atoms with Crippen molar-refractivity contribution in [3.05, 3.63) is 33.5 Å². The summed E-state index contributed by atoms with van der Waals surface area (Å²) in [6, 6.07) is 3.35. The second-order valence-electron chi connectivity index (χ2n) is 2.72. The lowest BCUT2D eigenvalue weighted by atomic mass is 10.1. The van der Waals surface area contributed by atoms with E-state index in [-0.39, 0.29) is 5.82 Å². The highest BCUT2D eigenvalue weighted by molar-refractivity contribution is 9.10. The summed E-state index contributed by atoms with van der Waals surface area (Å²) in [4.78, 5) is 0. The fraction of sp³-hybridized carbons (Fsp3) is 0.333. The van der Waals surface area contributed by atoms with Gasteiger partial charge in [0.1, 0.15) is 5.82 Å². The van der Waals surface area contributed by atoms with Crippen LogP contribution in [0.1, 0.15) is 11.1 Å². The van der Waals surface area contributed by atoms with Gasteiger partial charge in [0.05, 0.1) is 4.47 Å². The molecule has 66 valence electrons. The van der Waals surface area contributed by atoms with E-state index < -0.39 is 0 Å². The number of halogens is 2. The zero-order chi connectivity index (χ0) is 9.14. The molecule has 0 saturated carbocycles. The van der Waals surface area contributed by atoms with E-state index in [0.29, 0.717) is 11.0 Å². The minimum absolute atomic E-state index is 0.203. The molecule has 0 spiro atoms. The van der Waals surface area contributed by atoms with Crippen molar-refractivity contribution in [2.75, 3.05) is 7.05 Å². The summed E-state index contributed by atoms with van der Waals surface area (Å²) in [5, 5.41) is 2.99. The molecule has 0 heterocycles. The molecule has 0 aliphatic rings. The molecule has 0 bridgehead atoms. The largest absolute Gasteiger partial charge is 0.316 e. The van der Waals surface area contributed by atoms with Gasteiger partial charge in [-0.2, -0.15) is 0 Å². The molecule has 0 aliphatic heterocycles. The Bertz CT molecular complexity index is 286. The molecule has 0 radical (unpaired) electrons. The number of hydrogen-bond donors (Lipinski definition) is 1. The van der Waals surface area contributed by atoms with E-state index in [2.05, 4.69) is 21.2 Å². The first-order valence-electron chi connectivity index (χ1n) is 3.74. The Morgan fingerprint density at radius 3 is 2.75 bits per heavy atom. The fourth-order valence-electron chi connectivity index (χ4n) is 1.07. The first-order valence-corrected chi connectivity index (χ1v) is 4.53. The van der Waals surface area contributed by atoms with E-state index in [1.54, 1.807) is 12.1 Å². The van der Waals surface area contributed by atoms with Crippen molar-refractivity contribution in [3.8, 4) is 0 Å². The summed E-state index contributed by atoms with van der Waals surface area (Å²) in [5.41, 5.74) is 2.09. The van der Waals surface area contributed by atoms with Crippen LogP contribution < -0.4 is 5.32 Å². The monoisotopic (exact) mass is 231 g/mol. The number of rotatable bonds is 2. The van der Waals surface area contributed by atoms with Gasteiger partial charge in [-0.05, 0) is 53.2 Å². The smallest absolute Gasteiger partial charge is 0.137 e. The number of aryl methyl sites for hydroxylation is 1. The highest BCUT2D eigenvalue weighted by Crippen LogP contribution is 2.20. The molecule has 0 amide bonds. The standard InChI is InChI=1S/C9H11BrFN/c1-6-3-8(10)9(11)4-7(6)5-12-2/h3-4,12H,5H2,1-2H3. The van der Waals surface area contributed by atoms with Crippen LogP contribution >= 0.6 is 15.9 Å². The molecular formula is C9H11BrFN. The second kappa shape index (κ2) is 4.01. The van der Waals surface area contributed by atoms with Crippen LogP contribution in [0, 0.1) is 12.7 Å². The normalized spacial score (nSPS) is 10.3. The summed E-state index contributed by atoms with van der Waals surface area (Å²) in [6.07, 6.45) is 0. The van der Waals surface area contributed by atoms with E-state index in [4.69, 9.17) is 0 Å². The number of hydrogen-bond acceptors (Lipinski definition) is 1. The van der Waals surface area contributed by atoms with Crippen LogP contribution in [-0.2, 0) is 6.54 Å². The maximum absolute atomic E-state index is 13.0. The lowest BCUT2D eigenvalue weighted by Crippen LogP contribution is -2.07. The lowest BCUT2D eigenvalue weighted by Gasteiger charge is -2.05. The Kier molecular flexibility index (Phi) is 3.23. The molecule has 3 heteroatoms. The fourth-order valence-corrected chi connectivity index (χ4v) is 1.53. The quantitative estimate of drug-likeness (QED) is 0.826. The number of benzene rings is 1. The molecule has 1 aromatic rings. The Morgan fingerprint density at radius 2 is 2.17 bits per heavy atom. The van der Waals surface area contributed by atoms with Gasteiger partial charge in [0, 0.05) is 6.54 Å². The lowest BCUT2D eigenvalue weighted by molar-refractivity contribution is 0.616. The predicted molar refractivity (Wildman–Crippen MR) is 51.6 cm³/mol. The second-order valence-corrected chi connectivity index (χ2v) is 3.58. The first kappa shape index (κ1) is 9.68. The minimum atomic E-state index is -0.203. The molecule has 0 saturated heterocycles. The Balaban J connectivity index is 3.05. The van der Waals surface area contributed by atoms with Crippen molar-refractivity contribution in [1.29, 1.82) is 0 Å². The van der Waals surface area contributed by atoms with Crippen molar-refractivity contribution >= 4 is 15.9 Å². The highest BCUT2D eigenvalue weighted by Gasteiger charge is 2.03. The molecular weight excluding hydrogens is 221 g/mol. The van der Waals surface area contributed by atoms with Gasteiger partial charge in [-0.15, -0.1) is 0 Å². The molecule has 0 aliphatic carbocycles. The Labute approximate surface area is 80.1 Å². The van der Waals surface area contributed by atoms with Crippen LogP contribution in [0.15, 0.2) is 16.6 Å². The number of nitrogens with one attached hydrogen (secondary N) is 1. The van der Waals surface area contributed by atoms with Crippen LogP contribution in [0.5, 0.6) is 0 Å². The predicted octanol–water partition coefficient (Wildman–Crippen LogP) is 2.62. The third kappa shape index (κ3) is 2.05. The summed E-state index contributed by atoms with van der Waals surface area (Å²) in [7, 11) is 1.85. The van der Waals surface area contributed by atoms with E-state index in [0.717, 1.165) is 11.1 Å². The molecule has 1 rings (SSSR count). The summed E-state index contributed by atoms with van der Waals surface area (Å²) >= 11 is 3.14. The van der Waals surface area contributed by atoms with Crippen LogP contribution in [-0.4, -0.2) is 7.05 Å². The van der Waals surface area contributed by atoms with Crippen LogP contribution in [0.4, 0.5) is 4.39 Å². The van der Waals surface area contributed by atoms with E-state index in [1.165, 1.54) is 0 Å². The van der Waals surface area contributed by atoms with Crippen LogP contribution in [0.3, 0.4) is 0 Å². The van der Waals surface area contributed by atoms with Gasteiger partial charge in [-0.3, -0.25) is 0 Å². The summed E-state index contributed by atoms with van der Waals surface area (Å²) in [5.74, 6) is -0.203. The molecule has 0 atom stereocenters. The van der Waals surface area contributed by atoms with Gasteiger partial charge >= 0.3 is 0 Å². The third-order valence-electron chi connectivity index (χ3n) is 1.75. The van der Waals surface area contributed by atoms with Gasteiger partial charge < -0.3 is 5.32 Å². The van der Waals surface area contributed by atoms with Crippen molar-refractivity contribution in [2.24, 2.45) is 0 Å². The molecule has 12 heavy (non-hydrogen) atoms. The van der Waals surface area contributed by atoms with Crippen molar-refractivity contribution in [3.63, 3.8) is 0 Å². The summed E-state index contributed by atoms with van der Waals surface area (Å²) in [6.45, 7) is 2.67. The van der Waals surface area contributed by atoms with Gasteiger partial charge in [-0.1, -0.05) is 0 Å². The van der Waals surface area contributed by atoms with Gasteiger partial charge in [0.2, 0.25) is 0 Å². The molecule has 1 aromatic carbocycles. The molecule has 1 nitrogen and oxygen atoms in total. The first-order chi connectivity index (χ1) is 5.65. The minimum Gasteiger partial charge on any atom is -0.316 e. The van der Waals surface area contributed by atoms with Crippen LogP contribution in [0.2, 0.25) is 0 Å².